The van der Waals surface area contributed by atoms with Crippen LogP contribution in [0.3, 0.4) is 0 Å². The summed E-state index contributed by atoms with van der Waals surface area (Å²) in [5, 5.41) is 3.74. The van der Waals surface area contributed by atoms with Gasteiger partial charge in [0.2, 0.25) is 0 Å². The smallest absolute Gasteiger partial charge is 0.261 e. The van der Waals surface area contributed by atoms with E-state index >= 15 is 0 Å². The summed E-state index contributed by atoms with van der Waals surface area (Å²) in [4.78, 5) is 0.256. The van der Waals surface area contributed by atoms with Crippen LogP contribution in [0.2, 0.25) is 5.02 Å². The maximum absolute atomic E-state index is 12.5. The first-order valence-electron chi connectivity index (χ1n) is 6.30. The molecular weight excluding hydrogens is 376 g/mol. The molecule has 3 rings (SSSR count). The second-order valence-corrected chi connectivity index (χ2v) is 7.70. The molecular formula is C14H12BrClN2O2S. The molecule has 21 heavy (non-hydrogen) atoms. The highest BCUT2D eigenvalue weighted by atomic mass is 79.9. The van der Waals surface area contributed by atoms with Crippen LogP contribution in [-0.4, -0.2) is 15.0 Å². The quantitative estimate of drug-likeness (QED) is 0.840. The molecule has 2 aromatic rings. The standard InChI is InChI=1S/C14H12BrClN2O2S/c15-12-8-10(16)1-3-14(12)18-21(19,20)11-2-4-13-9(7-11)5-6-17-13/h1-4,7-8,17-18H,5-6H2. The highest BCUT2D eigenvalue weighted by molar-refractivity contribution is 9.10. The van der Waals surface area contributed by atoms with Crippen molar-refractivity contribution in [3.8, 4) is 0 Å². The van der Waals surface area contributed by atoms with Crippen molar-refractivity contribution in [1.82, 2.24) is 0 Å². The van der Waals surface area contributed by atoms with Gasteiger partial charge in [-0.25, -0.2) is 8.42 Å². The highest BCUT2D eigenvalue weighted by Crippen LogP contribution is 2.30. The predicted molar refractivity (Wildman–Crippen MR) is 88.6 cm³/mol. The van der Waals surface area contributed by atoms with E-state index in [0.29, 0.717) is 15.2 Å². The Hall–Kier alpha value is -1.24. The molecule has 0 fully saturated rings. The molecule has 0 unspecified atom stereocenters. The third-order valence-corrected chi connectivity index (χ3v) is 5.53. The monoisotopic (exact) mass is 386 g/mol. The molecule has 110 valence electrons. The van der Waals surface area contributed by atoms with Gasteiger partial charge in [-0.05, 0) is 64.3 Å². The molecule has 1 aliphatic heterocycles. The van der Waals surface area contributed by atoms with Crippen molar-refractivity contribution >= 4 is 48.9 Å². The lowest BCUT2D eigenvalue weighted by Crippen LogP contribution is -2.13. The van der Waals surface area contributed by atoms with E-state index in [2.05, 4.69) is 26.0 Å². The Morgan fingerprint density at radius 3 is 2.76 bits per heavy atom. The number of benzene rings is 2. The minimum absolute atomic E-state index is 0.256. The van der Waals surface area contributed by atoms with E-state index in [0.717, 1.165) is 24.2 Å². The van der Waals surface area contributed by atoms with Crippen molar-refractivity contribution in [2.24, 2.45) is 0 Å². The number of nitrogens with one attached hydrogen (secondary N) is 2. The minimum Gasteiger partial charge on any atom is -0.384 e. The Balaban J connectivity index is 1.93. The number of hydrogen-bond donors (Lipinski definition) is 2. The summed E-state index contributed by atoms with van der Waals surface area (Å²) in [6.07, 6.45) is 0.837. The molecule has 0 radical (unpaired) electrons. The molecule has 0 atom stereocenters. The Morgan fingerprint density at radius 2 is 2.00 bits per heavy atom. The summed E-state index contributed by atoms with van der Waals surface area (Å²) >= 11 is 9.16. The van der Waals surface area contributed by atoms with Crippen LogP contribution >= 0.6 is 27.5 Å². The lowest BCUT2D eigenvalue weighted by molar-refractivity contribution is 0.601. The van der Waals surface area contributed by atoms with Crippen molar-refractivity contribution < 1.29 is 8.42 Å². The molecule has 0 aliphatic carbocycles. The van der Waals surface area contributed by atoms with Crippen LogP contribution in [0.4, 0.5) is 11.4 Å². The summed E-state index contributed by atoms with van der Waals surface area (Å²) in [5.41, 5.74) is 2.48. The third-order valence-electron chi connectivity index (χ3n) is 3.27. The van der Waals surface area contributed by atoms with Gasteiger partial charge in [0.15, 0.2) is 0 Å². The van der Waals surface area contributed by atoms with E-state index in [1.165, 1.54) is 0 Å². The van der Waals surface area contributed by atoms with Gasteiger partial charge in [-0.15, -0.1) is 0 Å². The Labute approximate surface area is 136 Å². The summed E-state index contributed by atoms with van der Waals surface area (Å²) in [6.45, 7) is 0.842. The first kappa shape index (κ1) is 14.7. The van der Waals surface area contributed by atoms with Crippen LogP contribution < -0.4 is 10.0 Å². The number of halogens is 2. The van der Waals surface area contributed by atoms with Gasteiger partial charge in [-0.2, -0.15) is 0 Å². The van der Waals surface area contributed by atoms with Gasteiger partial charge in [-0.3, -0.25) is 4.72 Å². The SMILES string of the molecule is O=S(=O)(Nc1ccc(Cl)cc1Br)c1ccc2c(c1)CCN2. The molecule has 0 spiro atoms. The molecule has 2 N–H and O–H groups in total. The van der Waals surface area contributed by atoms with E-state index in [1.54, 1.807) is 36.4 Å². The van der Waals surface area contributed by atoms with Gasteiger partial charge in [0.1, 0.15) is 0 Å². The van der Waals surface area contributed by atoms with Crippen molar-refractivity contribution in [3.63, 3.8) is 0 Å². The number of fused-ring (bicyclic) bond motifs is 1. The number of anilines is 2. The van der Waals surface area contributed by atoms with E-state index in [4.69, 9.17) is 11.6 Å². The molecule has 0 amide bonds. The Bertz CT molecular complexity index is 809. The second kappa shape index (κ2) is 5.51. The van der Waals surface area contributed by atoms with E-state index < -0.39 is 10.0 Å². The zero-order valence-corrected chi connectivity index (χ0v) is 14.0. The van der Waals surface area contributed by atoms with Crippen LogP contribution in [0, 0.1) is 0 Å². The molecule has 0 saturated heterocycles. The number of rotatable bonds is 3. The maximum Gasteiger partial charge on any atom is 0.261 e. The first-order chi connectivity index (χ1) is 9.95. The van der Waals surface area contributed by atoms with Crippen LogP contribution in [0.1, 0.15) is 5.56 Å². The molecule has 2 aromatic carbocycles. The Morgan fingerprint density at radius 1 is 1.19 bits per heavy atom. The fourth-order valence-electron chi connectivity index (χ4n) is 2.22. The van der Waals surface area contributed by atoms with Crippen molar-refractivity contribution in [2.75, 3.05) is 16.6 Å². The molecule has 0 bridgehead atoms. The lowest BCUT2D eigenvalue weighted by atomic mass is 10.2. The molecule has 0 aromatic heterocycles. The van der Waals surface area contributed by atoms with Gasteiger partial charge in [0.05, 0.1) is 10.6 Å². The molecule has 4 nitrogen and oxygen atoms in total. The van der Waals surface area contributed by atoms with Gasteiger partial charge < -0.3 is 5.32 Å². The maximum atomic E-state index is 12.5. The Kier molecular flexibility index (Phi) is 3.86. The average molecular weight is 388 g/mol. The topological polar surface area (TPSA) is 58.2 Å². The molecule has 1 aliphatic rings. The minimum atomic E-state index is -3.62. The zero-order chi connectivity index (χ0) is 15.0. The average Bonchev–Trinajstić information content (AvgIpc) is 2.89. The van der Waals surface area contributed by atoms with Crippen molar-refractivity contribution in [2.45, 2.75) is 11.3 Å². The highest BCUT2D eigenvalue weighted by Gasteiger charge is 2.19. The van der Waals surface area contributed by atoms with Crippen molar-refractivity contribution in [3.05, 3.63) is 51.5 Å². The largest absolute Gasteiger partial charge is 0.384 e. The first-order valence-corrected chi connectivity index (χ1v) is 8.96. The van der Waals surface area contributed by atoms with Crippen LogP contribution in [0.15, 0.2) is 45.8 Å². The van der Waals surface area contributed by atoms with Crippen LogP contribution in [0.5, 0.6) is 0 Å². The fraction of sp³-hybridized carbons (Fsp3) is 0.143. The molecule has 1 heterocycles. The van der Waals surface area contributed by atoms with Gasteiger partial charge >= 0.3 is 0 Å². The lowest BCUT2D eigenvalue weighted by Gasteiger charge is -2.11. The third kappa shape index (κ3) is 3.02. The van der Waals surface area contributed by atoms with Gasteiger partial charge in [0.25, 0.3) is 10.0 Å². The summed E-state index contributed by atoms with van der Waals surface area (Å²) < 4.78 is 28.1. The predicted octanol–water partition coefficient (Wildman–Crippen LogP) is 3.87. The zero-order valence-electron chi connectivity index (χ0n) is 10.9. The fourth-order valence-corrected chi connectivity index (χ4v) is 4.27. The van der Waals surface area contributed by atoms with Gasteiger partial charge in [-0.1, -0.05) is 11.6 Å². The molecule has 0 saturated carbocycles. The van der Waals surface area contributed by atoms with Crippen LogP contribution in [-0.2, 0) is 16.4 Å². The summed E-state index contributed by atoms with van der Waals surface area (Å²) in [7, 11) is -3.62. The van der Waals surface area contributed by atoms with Gasteiger partial charge in [0, 0.05) is 21.7 Å². The number of sulfonamides is 1. The molecule has 7 heteroatoms. The van der Waals surface area contributed by atoms with E-state index in [1.807, 2.05) is 0 Å². The number of hydrogen-bond acceptors (Lipinski definition) is 3. The van der Waals surface area contributed by atoms with Crippen molar-refractivity contribution in [1.29, 1.82) is 0 Å². The summed E-state index contributed by atoms with van der Waals surface area (Å²) in [6, 6.07) is 10.0. The van der Waals surface area contributed by atoms with E-state index in [9.17, 15) is 8.42 Å². The van der Waals surface area contributed by atoms with Crippen LogP contribution in [0.25, 0.3) is 0 Å². The second-order valence-electron chi connectivity index (χ2n) is 4.73. The van der Waals surface area contributed by atoms with E-state index in [-0.39, 0.29) is 4.90 Å². The normalized spacial score (nSPS) is 13.6. The summed E-state index contributed by atoms with van der Waals surface area (Å²) in [5.74, 6) is 0.